The van der Waals surface area contributed by atoms with E-state index < -0.39 is 23.6 Å². The molecule has 0 fully saturated rings. The van der Waals surface area contributed by atoms with Gasteiger partial charge in [-0.15, -0.1) is 0 Å². The average Bonchev–Trinajstić information content (AvgIpc) is 2.37. The van der Waals surface area contributed by atoms with E-state index in [2.05, 4.69) is 10.3 Å². The van der Waals surface area contributed by atoms with Gasteiger partial charge in [0.25, 0.3) is 0 Å². The molecular weight excluding hydrogens is 260 g/mol. The summed E-state index contributed by atoms with van der Waals surface area (Å²) in [6, 6.07) is 5.23. The lowest BCUT2D eigenvalue weighted by Crippen LogP contribution is -2.36. The number of carbonyl (C=O) groups excluding carboxylic acids is 2. The molecule has 1 aromatic heterocycles. The highest BCUT2D eigenvalue weighted by atomic mass is 16.6. The molecule has 1 unspecified atom stereocenters. The zero-order valence-electron chi connectivity index (χ0n) is 12.2. The van der Waals surface area contributed by atoms with E-state index in [1.165, 1.54) is 7.11 Å². The first-order valence-corrected chi connectivity index (χ1v) is 6.29. The predicted octanol–water partition coefficient (Wildman–Crippen LogP) is 1.86. The normalized spacial score (nSPS) is 12.4. The van der Waals surface area contributed by atoms with Crippen LogP contribution in [-0.4, -0.2) is 36.3 Å². The molecular formula is C14H20N2O4. The number of hydrogen-bond donors (Lipinski definition) is 1. The molecule has 0 aliphatic rings. The molecule has 1 N–H and O–H groups in total. The lowest BCUT2D eigenvalue weighted by molar-refractivity contribution is -0.142. The summed E-state index contributed by atoms with van der Waals surface area (Å²) in [6.07, 6.45) is 1.00. The van der Waals surface area contributed by atoms with E-state index in [0.29, 0.717) is 5.69 Å². The molecule has 0 aliphatic heterocycles. The first-order valence-electron chi connectivity index (χ1n) is 6.29. The minimum atomic E-state index is -0.659. The minimum absolute atomic E-state index is 0.0681. The number of nitrogens with one attached hydrogen (secondary N) is 1. The van der Waals surface area contributed by atoms with E-state index in [9.17, 15) is 9.59 Å². The molecule has 0 bridgehead atoms. The molecule has 6 nitrogen and oxygen atoms in total. The molecule has 1 rings (SSSR count). The minimum Gasteiger partial charge on any atom is -0.468 e. The molecule has 6 heteroatoms. The van der Waals surface area contributed by atoms with Gasteiger partial charge in [-0.1, -0.05) is 6.07 Å². The summed E-state index contributed by atoms with van der Waals surface area (Å²) in [7, 11) is 1.30. The van der Waals surface area contributed by atoms with Crippen LogP contribution in [0, 0.1) is 0 Å². The van der Waals surface area contributed by atoms with Gasteiger partial charge in [0.05, 0.1) is 12.8 Å². The Morgan fingerprint density at radius 3 is 2.55 bits per heavy atom. The van der Waals surface area contributed by atoms with Crippen molar-refractivity contribution in [3.8, 4) is 0 Å². The monoisotopic (exact) mass is 280 g/mol. The number of pyridine rings is 1. The van der Waals surface area contributed by atoms with Gasteiger partial charge in [0.15, 0.2) is 0 Å². The number of nitrogens with zero attached hydrogens (tertiary/aromatic N) is 1. The van der Waals surface area contributed by atoms with E-state index in [0.717, 1.165) is 0 Å². The second-order valence-electron chi connectivity index (χ2n) is 5.21. The molecule has 1 atom stereocenters. The Morgan fingerprint density at radius 2 is 2.05 bits per heavy atom. The zero-order valence-corrected chi connectivity index (χ0v) is 12.2. The third kappa shape index (κ3) is 5.26. The van der Waals surface area contributed by atoms with Gasteiger partial charge < -0.3 is 14.8 Å². The van der Waals surface area contributed by atoms with Gasteiger partial charge in [0, 0.05) is 12.7 Å². The fraction of sp³-hybridized carbons (Fsp3) is 0.500. The smallest absolute Gasteiger partial charge is 0.407 e. The van der Waals surface area contributed by atoms with Crippen molar-refractivity contribution in [2.75, 3.05) is 13.7 Å². The van der Waals surface area contributed by atoms with Crippen molar-refractivity contribution in [2.45, 2.75) is 32.3 Å². The summed E-state index contributed by atoms with van der Waals surface area (Å²) in [5.41, 5.74) is -0.0500. The molecule has 0 aliphatic carbocycles. The van der Waals surface area contributed by atoms with Crippen molar-refractivity contribution >= 4 is 12.1 Å². The van der Waals surface area contributed by atoms with Crippen molar-refractivity contribution in [1.29, 1.82) is 0 Å². The molecule has 0 saturated heterocycles. The predicted molar refractivity (Wildman–Crippen MR) is 73.2 cm³/mol. The number of rotatable bonds is 4. The van der Waals surface area contributed by atoms with Crippen LogP contribution in [0.15, 0.2) is 24.4 Å². The fourth-order valence-electron chi connectivity index (χ4n) is 1.53. The second-order valence-corrected chi connectivity index (χ2v) is 5.21. The molecule has 0 saturated carbocycles. The second kappa shape index (κ2) is 6.88. The van der Waals surface area contributed by atoms with E-state index in [1.807, 2.05) is 0 Å². The number of aromatic nitrogens is 1. The van der Waals surface area contributed by atoms with Gasteiger partial charge in [0.2, 0.25) is 0 Å². The number of amides is 1. The number of methoxy groups -OCH3 is 1. The molecule has 1 heterocycles. The van der Waals surface area contributed by atoms with Crippen LogP contribution < -0.4 is 5.32 Å². The summed E-state index contributed by atoms with van der Waals surface area (Å²) < 4.78 is 9.84. The summed E-state index contributed by atoms with van der Waals surface area (Å²) in [5.74, 6) is -1.12. The van der Waals surface area contributed by atoms with E-state index in [-0.39, 0.29) is 6.54 Å². The van der Waals surface area contributed by atoms with Crippen molar-refractivity contribution in [1.82, 2.24) is 10.3 Å². The van der Waals surface area contributed by atoms with Crippen molar-refractivity contribution in [3.63, 3.8) is 0 Å². The summed E-state index contributed by atoms with van der Waals surface area (Å²) >= 11 is 0. The Morgan fingerprint density at radius 1 is 1.35 bits per heavy atom. The van der Waals surface area contributed by atoms with Crippen LogP contribution >= 0.6 is 0 Å². The molecule has 0 radical (unpaired) electrons. The lowest BCUT2D eigenvalue weighted by Gasteiger charge is -2.21. The Bertz CT molecular complexity index is 454. The number of carbonyl (C=O) groups is 2. The van der Waals surface area contributed by atoms with E-state index in [4.69, 9.17) is 9.47 Å². The highest BCUT2D eigenvalue weighted by Crippen LogP contribution is 2.14. The third-order valence-electron chi connectivity index (χ3n) is 2.38. The van der Waals surface area contributed by atoms with Gasteiger partial charge in [-0.3, -0.25) is 9.78 Å². The molecule has 0 spiro atoms. The summed E-state index contributed by atoms with van der Waals surface area (Å²) in [5, 5.41) is 2.55. The number of alkyl carbamates (subject to hydrolysis) is 1. The number of esters is 1. The Kier molecular flexibility index (Phi) is 5.49. The first kappa shape index (κ1) is 15.9. The van der Waals surface area contributed by atoms with Gasteiger partial charge in [-0.05, 0) is 32.9 Å². The van der Waals surface area contributed by atoms with Crippen LogP contribution in [0.3, 0.4) is 0 Å². The van der Waals surface area contributed by atoms with Crippen molar-refractivity contribution in [3.05, 3.63) is 30.1 Å². The molecule has 20 heavy (non-hydrogen) atoms. The highest BCUT2D eigenvalue weighted by molar-refractivity contribution is 5.78. The Balaban J connectivity index is 2.68. The van der Waals surface area contributed by atoms with Crippen LogP contribution in [-0.2, 0) is 14.3 Å². The third-order valence-corrected chi connectivity index (χ3v) is 2.38. The fourth-order valence-corrected chi connectivity index (χ4v) is 1.53. The molecule has 0 aromatic carbocycles. The number of hydrogen-bond acceptors (Lipinski definition) is 5. The maximum atomic E-state index is 11.8. The summed E-state index contributed by atoms with van der Waals surface area (Å²) in [4.78, 5) is 27.5. The van der Waals surface area contributed by atoms with Crippen molar-refractivity contribution < 1.29 is 19.1 Å². The largest absolute Gasteiger partial charge is 0.468 e. The average molecular weight is 280 g/mol. The SMILES string of the molecule is COC(=O)C(CNC(=O)OC(C)(C)C)c1ccccn1. The standard InChI is InChI=1S/C14H20N2O4/c1-14(2,3)20-13(18)16-9-10(12(17)19-4)11-7-5-6-8-15-11/h5-8,10H,9H2,1-4H3,(H,16,18). The van der Waals surface area contributed by atoms with Crippen molar-refractivity contribution in [2.24, 2.45) is 0 Å². The van der Waals surface area contributed by atoms with Crippen LogP contribution in [0.25, 0.3) is 0 Å². The van der Waals surface area contributed by atoms with Gasteiger partial charge in [0.1, 0.15) is 11.5 Å². The maximum Gasteiger partial charge on any atom is 0.407 e. The van der Waals surface area contributed by atoms with Gasteiger partial charge >= 0.3 is 12.1 Å². The quantitative estimate of drug-likeness (QED) is 0.852. The Labute approximate surface area is 118 Å². The van der Waals surface area contributed by atoms with Gasteiger partial charge in [-0.25, -0.2) is 4.79 Å². The molecule has 110 valence electrons. The van der Waals surface area contributed by atoms with Crippen LogP contribution in [0.5, 0.6) is 0 Å². The lowest BCUT2D eigenvalue weighted by atomic mass is 10.1. The van der Waals surface area contributed by atoms with E-state index >= 15 is 0 Å². The topological polar surface area (TPSA) is 77.5 Å². The highest BCUT2D eigenvalue weighted by Gasteiger charge is 2.24. The van der Waals surface area contributed by atoms with E-state index in [1.54, 1.807) is 45.2 Å². The molecule has 1 amide bonds. The Hall–Kier alpha value is -2.11. The maximum absolute atomic E-state index is 11.8. The zero-order chi connectivity index (χ0) is 15.2. The summed E-state index contributed by atoms with van der Waals surface area (Å²) in [6.45, 7) is 5.37. The van der Waals surface area contributed by atoms with Crippen LogP contribution in [0.1, 0.15) is 32.4 Å². The molecule has 1 aromatic rings. The number of ether oxygens (including phenoxy) is 2. The van der Waals surface area contributed by atoms with Crippen LogP contribution in [0.4, 0.5) is 4.79 Å². The van der Waals surface area contributed by atoms with Gasteiger partial charge in [-0.2, -0.15) is 0 Å². The van der Waals surface area contributed by atoms with Crippen LogP contribution in [0.2, 0.25) is 0 Å². The first-order chi connectivity index (χ1) is 9.33.